The monoisotopic (exact) mass is 388 g/mol. The van der Waals surface area contributed by atoms with Crippen LogP contribution in [0.25, 0.3) is 16.5 Å². The van der Waals surface area contributed by atoms with E-state index in [1.54, 1.807) is 18.2 Å². The number of aromatic nitrogens is 1. The zero-order chi connectivity index (χ0) is 19.2. The van der Waals surface area contributed by atoms with Crippen molar-refractivity contribution in [1.82, 2.24) is 8.87 Å². The van der Waals surface area contributed by atoms with Gasteiger partial charge in [-0.3, -0.25) is 0 Å². The zero-order valence-electron chi connectivity index (χ0n) is 14.7. The number of hydrogen-bond donors (Lipinski definition) is 0. The largest absolute Gasteiger partial charge is 0.302 e. The maximum atomic E-state index is 14.6. The van der Waals surface area contributed by atoms with Crippen molar-refractivity contribution in [3.63, 3.8) is 0 Å². The van der Waals surface area contributed by atoms with Crippen molar-refractivity contribution in [3.8, 4) is 0 Å². The van der Waals surface area contributed by atoms with Gasteiger partial charge in [-0.1, -0.05) is 24.3 Å². The summed E-state index contributed by atoms with van der Waals surface area (Å²) in [4.78, 5) is 2.17. The van der Waals surface area contributed by atoms with Crippen LogP contribution in [0.5, 0.6) is 0 Å². The summed E-state index contributed by atoms with van der Waals surface area (Å²) in [5.74, 6) is -1.63. The molecule has 140 valence electrons. The molecule has 4 rings (SSSR count). The van der Waals surface area contributed by atoms with Crippen molar-refractivity contribution >= 4 is 26.5 Å². The lowest BCUT2D eigenvalue weighted by atomic mass is 9.99. The van der Waals surface area contributed by atoms with Crippen LogP contribution in [-0.2, 0) is 10.0 Å². The van der Waals surface area contributed by atoms with E-state index >= 15 is 0 Å². The maximum Gasteiger partial charge on any atom is 0.268 e. The van der Waals surface area contributed by atoms with Gasteiger partial charge in [-0.05, 0) is 37.2 Å². The van der Waals surface area contributed by atoms with Gasteiger partial charge in [0.2, 0.25) is 0 Å². The fraction of sp³-hybridized carbons (Fsp3) is 0.200. The first-order valence-electron chi connectivity index (χ1n) is 8.56. The van der Waals surface area contributed by atoms with Gasteiger partial charge in [-0.15, -0.1) is 0 Å². The molecule has 1 aromatic heterocycles. The molecule has 0 saturated heterocycles. The molecule has 2 aromatic carbocycles. The highest BCUT2D eigenvalue weighted by Gasteiger charge is 2.25. The second-order valence-electron chi connectivity index (χ2n) is 6.68. The molecule has 27 heavy (non-hydrogen) atoms. The van der Waals surface area contributed by atoms with Crippen LogP contribution in [0.2, 0.25) is 0 Å². The smallest absolute Gasteiger partial charge is 0.268 e. The Balaban J connectivity index is 2.00. The summed E-state index contributed by atoms with van der Waals surface area (Å²) in [5.41, 5.74) is 1.32. The van der Waals surface area contributed by atoms with Crippen LogP contribution < -0.4 is 0 Å². The molecular weight excluding hydrogens is 370 g/mol. The minimum atomic E-state index is -4.01. The SMILES string of the molecule is CN1CC=C(c2cn(S(=O)(=O)c3ccccc3)c3c(F)cc(F)cc23)CC1. The minimum Gasteiger partial charge on any atom is -0.302 e. The van der Waals surface area contributed by atoms with E-state index in [0.29, 0.717) is 24.6 Å². The lowest BCUT2D eigenvalue weighted by molar-refractivity contribution is 0.370. The summed E-state index contributed by atoms with van der Waals surface area (Å²) >= 11 is 0. The Morgan fingerprint density at radius 2 is 1.81 bits per heavy atom. The van der Waals surface area contributed by atoms with Crippen molar-refractivity contribution < 1.29 is 17.2 Å². The van der Waals surface area contributed by atoms with Gasteiger partial charge in [-0.2, -0.15) is 0 Å². The zero-order valence-corrected chi connectivity index (χ0v) is 15.5. The van der Waals surface area contributed by atoms with E-state index in [1.807, 2.05) is 13.1 Å². The summed E-state index contributed by atoms with van der Waals surface area (Å²) < 4.78 is 55.7. The van der Waals surface area contributed by atoms with Crippen LogP contribution in [0.1, 0.15) is 12.0 Å². The Hall–Kier alpha value is -2.51. The Morgan fingerprint density at radius 1 is 1.07 bits per heavy atom. The van der Waals surface area contributed by atoms with Crippen molar-refractivity contribution in [2.24, 2.45) is 0 Å². The summed E-state index contributed by atoms with van der Waals surface area (Å²) in [6.45, 7) is 1.49. The molecule has 0 N–H and O–H groups in total. The number of nitrogens with zero attached hydrogens (tertiary/aromatic N) is 2. The van der Waals surface area contributed by atoms with Gasteiger partial charge >= 0.3 is 0 Å². The van der Waals surface area contributed by atoms with Gasteiger partial charge in [0.15, 0.2) is 5.82 Å². The van der Waals surface area contributed by atoms with E-state index in [2.05, 4.69) is 4.90 Å². The molecule has 1 aliphatic heterocycles. The Morgan fingerprint density at radius 3 is 2.48 bits per heavy atom. The molecule has 0 bridgehead atoms. The first-order chi connectivity index (χ1) is 12.9. The highest BCUT2D eigenvalue weighted by Crippen LogP contribution is 2.34. The fourth-order valence-electron chi connectivity index (χ4n) is 3.41. The predicted octanol–water partition coefficient (Wildman–Crippen LogP) is 3.88. The molecule has 0 atom stereocenters. The number of hydrogen-bond acceptors (Lipinski definition) is 3. The molecule has 1 aliphatic rings. The van der Waals surface area contributed by atoms with E-state index in [0.717, 1.165) is 16.1 Å². The quantitative estimate of drug-likeness (QED) is 0.684. The van der Waals surface area contributed by atoms with Gasteiger partial charge in [-0.25, -0.2) is 21.2 Å². The van der Waals surface area contributed by atoms with Gasteiger partial charge < -0.3 is 4.90 Å². The first kappa shape index (κ1) is 17.9. The number of likely N-dealkylation sites (N-methyl/N-ethyl adjacent to an activating group) is 1. The molecule has 0 fully saturated rings. The van der Waals surface area contributed by atoms with Crippen LogP contribution >= 0.6 is 0 Å². The highest BCUT2D eigenvalue weighted by molar-refractivity contribution is 7.90. The second-order valence-corrected chi connectivity index (χ2v) is 8.50. The molecule has 0 saturated carbocycles. The van der Waals surface area contributed by atoms with Gasteiger partial charge in [0.25, 0.3) is 10.0 Å². The second kappa shape index (κ2) is 6.58. The van der Waals surface area contributed by atoms with Crippen LogP contribution in [-0.4, -0.2) is 37.4 Å². The topological polar surface area (TPSA) is 42.3 Å². The van der Waals surface area contributed by atoms with Gasteiger partial charge in [0.1, 0.15) is 11.3 Å². The van der Waals surface area contributed by atoms with Crippen LogP contribution in [0.15, 0.2) is 59.6 Å². The summed E-state index contributed by atoms with van der Waals surface area (Å²) in [6.07, 6.45) is 4.06. The van der Waals surface area contributed by atoms with E-state index in [-0.39, 0.29) is 15.8 Å². The highest BCUT2D eigenvalue weighted by atomic mass is 32.2. The number of fused-ring (bicyclic) bond motifs is 1. The van der Waals surface area contributed by atoms with E-state index in [1.165, 1.54) is 24.4 Å². The molecule has 0 radical (unpaired) electrons. The Kier molecular flexibility index (Phi) is 4.36. The minimum absolute atomic E-state index is 0.0505. The third-order valence-corrected chi connectivity index (χ3v) is 6.52. The number of rotatable bonds is 3. The standard InChI is InChI=1S/C20H18F2N2O2S/c1-23-9-7-14(8-10-23)18-13-24(20-17(18)11-15(21)12-19(20)22)27(25,26)16-5-3-2-4-6-16/h2-7,11-13H,8-10H2,1H3. The lowest BCUT2D eigenvalue weighted by Gasteiger charge is -2.21. The Bertz CT molecular complexity index is 1150. The molecule has 0 aliphatic carbocycles. The third kappa shape index (κ3) is 3.07. The number of halogens is 2. The molecule has 7 heteroatoms. The average molecular weight is 388 g/mol. The average Bonchev–Trinajstić information content (AvgIpc) is 3.03. The van der Waals surface area contributed by atoms with Crippen molar-refractivity contribution in [1.29, 1.82) is 0 Å². The molecule has 3 aromatic rings. The van der Waals surface area contributed by atoms with Crippen molar-refractivity contribution in [3.05, 3.63) is 71.9 Å². The molecule has 2 heterocycles. The van der Waals surface area contributed by atoms with Crippen LogP contribution in [0.4, 0.5) is 8.78 Å². The van der Waals surface area contributed by atoms with Crippen molar-refractivity contribution in [2.45, 2.75) is 11.3 Å². The van der Waals surface area contributed by atoms with E-state index < -0.39 is 21.7 Å². The molecule has 0 spiro atoms. The number of benzene rings is 2. The van der Waals surface area contributed by atoms with Crippen molar-refractivity contribution in [2.75, 3.05) is 20.1 Å². The molecule has 0 unspecified atom stereocenters. The van der Waals surface area contributed by atoms with Crippen LogP contribution in [0.3, 0.4) is 0 Å². The van der Waals surface area contributed by atoms with Gasteiger partial charge in [0.05, 0.1) is 4.90 Å². The fourth-order valence-corrected chi connectivity index (χ4v) is 4.81. The summed E-state index contributed by atoms with van der Waals surface area (Å²) in [7, 11) is -2.03. The predicted molar refractivity (Wildman–Crippen MR) is 101 cm³/mol. The summed E-state index contributed by atoms with van der Waals surface area (Å²) in [5, 5.41) is 0.266. The molecule has 0 amide bonds. The lowest BCUT2D eigenvalue weighted by Crippen LogP contribution is -2.23. The molecule has 4 nitrogen and oxygen atoms in total. The summed E-state index contributed by atoms with van der Waals surface area (Å²) in [6, 6.07) is 9.74. The molecular formula is C20H18F2N2O2S. The van der Waals surface area contributed by atoms with Gasteiger partial charge in [0, 0.05) is 36.3 Å². The van der Waals surface area contributed by atoms with E-state index in [4.69, 9.17) is 0 Å². The van der Waals surface area contributed by atoms with Crippen LogP contribution in [0, 0.1) is 11.6 Å². The van der Waals surface area contributed by atoms with E-state index in [9.17, 15) is 17.2 Å². The first-order valence-corrected chi connectivity index (χ1v) is 10.0. The maximum absolute atomic E-state index is 14.6. The third-order valence-electron chi connectivity index (χ3n) is 4.84. The normalized spacial score (nSPS) is 15.9. The Labute approximate surface area is 156 Å².